The van der Waals surface area contributed by atoms with Crippen molar-refractivity contribution in [3.63, 3.8) is 0 Å². The summed E-state index contributed by atoms with van der Waals surface area (Å²) in [5.74, 6) is -0.584. The van der Waals surface area contributed by atoms with Crippen molar-refractivity contribution < 1.29 is 18.3 Å². The van der Waals surface area contributed by atoms with E-state index in [1.165, 1.54) is 26.2 Å². The van der Waals surface area contributed by atoms with Gasteiger partial charge in [0.05, 0.1) is 17.7 Å². The van der Waals surface area contributed by atoms with Crippen LogP contribution in [0.1, 0.15) is 29.3 Å². The molecule has 0 heterocycles. The van der Waals surface area contributed by atoms with Crippen molar-refractivity contribution in [1.29, 1.82) is 0 Å². The lowest BCUT2D eigenvalue weighted by molar-refractivity contribution is 0.0996. The van der Waals surface area contributed by atoms with Crippen LogP contribution in [-0.2, 0) is 0 Å². The second-order valence-corrected chi connectivity index (χ2v) is 3.31. The number of alkyl halides is 2. The van der Waals surface area contributed by atoms with Crippen LogP contribution in [0.25, 0.3) is 0 Å². The maximum atomic E-state index is 12.7. The number of methoxy groups -OCH3 is 1. The number of hydrogen-bond donors (Lipinski definition) is 0. The molecule has 82 valence electrons. The summed E-state index contributed by atoms with van der Waals surface area (Å²) < 4.78 is 30.2. The maximum absolute atomic E-state index is 12.7. The number of benzene rings is 1. The quantitative estimate of drug-likeness (QED) is 0.749. The van der Waals surface area contributed by atoms with E-state index in [9.17, 15) is 13.6 Å². The molecule has 0 unspecified atom stereocenters. The molecular formula is C10H9ClF2O2. The van der Waals surface area contributed by atoms with Gasteiger partial charge in [0.15, 0.2) is 5.78 Å². The van der Waals surface area contributed by atoms with Crippen LogP contribution in [0, 0.1) is 0 Å². The van der Waals surface area contributed by atoms with Crippen LogP contribution in [0.3, 0.4) is 0 Å². The largest absolute Gasteiger partial charge is 0.495 e. The lowest BCUT2D eigenvalue weighted by Crippen LogP contribution is -2.03. The van der Waals surface area contributed by atoms with Gasteiger partial charge in [0, 0.05) is 5.56 Å². The van der Waals surface area contributed by atoms with Gasteiger partial charge < -0.3 is 4.74 Å². The molecule has 0 spiro atoms. The van der Waals surface area contributed by atoms with Gasteiger partial charge in [-0.15, -0.1) is 0 Å². The number of halogens is 3. The molecular weight excluding hydrogens is 226 g/mol. The van der Waals surface area contributed by atoms with Crippen LogP contribution >= 0.6 is 11.6 Å². The number of ketones is 1. The Balaban J connectivity index is 3.49. The molecule has 0 saturated carbocycles. The Kier molecular flexibility index (Phi) is 3.63. The highest BCUT2D eigenvalue weighted by atomic mass is 35.5. The number of Topliss-reactive ketones (excluding diaryl/α,β-unsaturated/α-hetero) is 1. The Morgan fingerprint density at radius 1 is 1.47 bits per heavy atom. The van der Waals surface area contributed by atoms with Crippen molar-refractivity contribution >= 4 is 17.4 Å². The normalized spacial score (nSPS) is 10.5. The predicted molar refractivity (Wildman–Crippen MR) is 53.0 cm³/mol. The second kappa shape index (κ2) is 4.57. The van der Waals surface area contributed by atoms with E-state index >= 15 is 0 Å². The van der Waals surface area contributed by atoms with Crippen molar-refractivity contribution in [2.45, 2.75) is 13.3 Å². The van der Waals surface area contributed by atoms with E-state index < -0.39 is 17.8 Å². The summed E-state index contributed by atoms with van der Waals surface area (Å²) in [5.41, 5.74) is -0.510. The van der Waals surface area contributed by atoms with E-state index in [-0.39, 0.29) is 16.3 Å². The lowest BCUT2D eigenvalue weighted by atomic mass is 10.0. The van der Waals surface area contributed by atoms with Crippen molar-refractivity contribution in [2.24, 2.45) is 0 Å². The predicted octanol–water partition coefficient (Wildman–Crippen LogP) is 3.49. The molecule has 0 amide bonds. The van der Waals surface area contributed by atoms with Gasteiger partial charge >= 0.3 is 0 Å². The number of carbonyl (C=O) groups excluding carboxylic acids is 1. The third kappa shape index (κ3) is 2.26. The zero-order valence-electron chi connectivity index (χ0n) is 8.18. The fourth-order valence-corrected chi connectivity index (χ4v) is 1.55. The van der Waals surface area contributed by atoms with Gasteiger partial charge in [-0.05, 0) is 19.1 Å². The molecule has 15 heavy (non-hydrogen) atoms. The molecule has 5 heteroatoms. The van der Waals surface area contributed by atoms with E-state index in [1.807, 2.05) is 0 Å². The molecule has 0 saturated heterocycles. The zero-order valence-corrected chi connectivity index (χ0v) is 8.94. The van der Waals surface area contributed by atoms with Crippen LogP contribution in [0.5, 0.6) is 5.75 Å². The van der Waals surface area contributed by atoms with Gasteiger partial charge in [0.2, 0.25) is 0 Å². The van der Waals surface area contributed by atoms with E-state index in [1.54, 1.807) is 0 Å². The smallest absolute Gasteiger partial charge is 0.268 e. The van der Waals surface area contributed by atoms with Crippen molar-refractivity contribution in [1.82, 2.24) is 0 Å². The van der Waals surface area contributed by atoms with E-state index in [4.69, 9.17) is 16.3 Å². The molecule has 0 aliphatic carbocycles. The first kappa shape index (κ1) is 11.9. The topological polar surface area (TPSA) is 26.3 Å². The summed E-state index contributed by atoms with van der Waals surface area (Å²) in [7, 11) is 1.23. The molecule has 0 fully saturated rings. The summed E-state index contributed by atoms with van der Waals surface area (Å²) in [6.45, 7) is 1.22. The summed E-state index contributed by atoms with van der Waals surface area (Å²) in [4.78, 5) is 11.1. The molecule has 1 aromatic rings. The van der Waals surface area contributed by atoms with Gasteiger partial charge in [-0.25, -0.2) is 8.78 Å². The third-order valence-electron chi connectivity index (χ3n) is 1.95. The molecule has 0 aromatic heterocycles. The van der Waals surface area contributed by atoms with E-state index in [0.29, 0.717) is 0 Å². The van der Waals surface area contributed by atoms with Crippen LogP contribution < -0.4 is 4.74 Å². The average molecular weight is 235 g/mol. The average Bonchev–Trinajstić information content (AvgIpc) is 2.16. The minimum Gasteiger partial charge on any atom is -0.495 e. The number of ether oxygens (including phenoxy) is 1. The molecule has 0 atom stereocenters. The maximum Gasteiger partial charge on any atom is 0.268 e. The molecule has 1 rings (SSSR count). The molecule has 0 bridgehead atoms. The Labute approximate surface area is 90.8 Å². The highest BCUT2D eigenvalue weighted by molar-refractivity contribution is 6.32. The number of carbonyl (C=O) groups is 1. The summed E-state index contributed by atoms with van der Waals surface area (Å²) in [6.07, 6.45) is -2.79. The Morgan fingerprint density at radius 3 is 2.47 bits per heavy atom. The first-order chi connectivity index (χ1) is 6.99. The minimum absolute atomic E-state index is 0.0637. The number of rotatable bonds is 3. The summed E-state index contributed by atoms with van der Waals surface area (Å²) in [5, 5.41) is 0.0674. The van der Waals surface area contributed by atoms with Gasteiger partial charge in [-0.3, -0.25) is 4.79 Å². The van der Waals surface area contributed by atoms with Crippen LogP contribution in [0.4, 0.5) is 8.78 Å². The molecule has 0 aliphatic heterocycles. The second-order valence-electron chi connectivity index (χ2n) is 2.90. The monoisotopic (exact) mass is 234 g/mol. The highest BCUT2D eigenvalue weighted by Gasteiger charge is 2.23. The summed E-state index contributed by atoms with van der Waals surface area (Å²) in [6, 6.07) is 2.64. The first-order valence-corrected chi connectivity index (χ1v) is 4.52. The van der Waals surface area contributed by atoms with E-state index in [2.05, 4.69) is 0 Å². The van der Waals surface area contributed by atoms with Crippen molar-refractivity contribution in [3.05, 3.63) is 28.3 Å². The van der Waals surface area contributed by atoms with Crippen molar-refractivity contribution in [3.8, 4) is 5.75 Å². The van der Waals surface area contributed by atoms with Crippen LogP contribution in [0.2, 0.25) is 5.02 Å². The first-order valence-electron chi connectivity index (χ1n) is 4.14. The third-order valence-corrected chi connectivity index (χ3v) is 2.25. The van der Waals surface area contributed by atoms with Gasteiger partial charge in [-0.1, -0.05) is 11.6 Å². The standard InChI is InChI=1S/C10H9ClF2O2/c1-5(14)6-3-4-7(11)9(15-2)8(6)10(12)13/h3-4,10H,1-2H3. The Morgan fingerprint density at radius 2 is 2.07 bits per heavy atom. The molecule has 1 aromatic carbocycles. The van der Waals surface area contributed by atoms with Crippen LogP contribution in [0.15, 0.2) is 12.1 Å². The fourth-order valence-electron chi connectivity index (χ4n) is 1.30. The van der Waals surface area contributed by atoms with Gasteiger partial charge in [0.25, 0.3) is 6.43 Å². The minimum atomic E-state index is -2.79. The van der Waals surface area contributed by atoms with E-state index in [0.717, 1.165) is 0 Å². The SMILES string of the molecule is COc1c(Cl)ccc(C(C)=O)c1C(F)F. The summed E-state index contributed by atoms with van der Waals surface area (Å²) >= 11 is 5.68. The fraction of sp³-hybridized carbons (Fsp3) is 0.300. The van der Waals surface area contributed by atoms with Crippen molar-refractivity contribution in [2.75, 3.05) is 7.11 Å². The highest BCUT2D eigenvalue weighted by Crippen LogP contribution is 2.37. The van der Waals surface area contributed by atoms with Crippen LogP contribution in [-0.4, -0.2) is 12.9 Å². The van der Waals surface area contributed by atoms with Gasteiger partial charge in [-0.2, -0.15) is 0 Å². The molecule has 0 N–H and O–H groups in total. The Hall–Kier alpha value is -1.16. The molecule has 2 nitrogen and oxygen atoms in total. The lowest BCUT2D eigenvalue weighted by Gasteiger charge is -2.12. The zero-order chi connectivity index (χ0) is 11.6. The molecule has 0 radical (unpaired) electrons. The number of hydrogen-bond acceptors (Lipinski definition) is 2. The van der Waals surface area contributed by atoms with Gasteiger partial charge in [0.1, 0.15) is 5.75 Å². The Bertz CT molecular complexity index is 391. The molecule has 0 aliphatic rings.